The second kappa shape index (κ2) is 8.49. The summed E-state index contributed by atoms with van der Waals surface area (Å²) in [6.45, 7) is 2.31. The summed E-state index contributed by atoms with van der Waals surface area (Å²) in [5.41, 5.74) is 0.739. The molecule has 31 heavy (non-hydrogen) atoms. The molecule has 3 heterocycles. The molecule has 2 N–H and O–H groups in total. The van der Waals surface area contributed by atoms with Crippen molar-refractivity contribution in [2.45, 2.75) is 31.2 Å². The van der Waals surface area contributed by atoms with Crippen molar-refractivity contribution in [3.8, 4) is 5.75 Å². The summed E-state index contributed by atoms with van der Waals surface area (Å²) in [6.07, 6.45) is 3.10. The predicted octanol–water partition coefficient (Wildman–Crippen LogP) is 0.656. The maximum Gasteiger partial charge on any atom is 0.252 e. The van der Waals surface area contributed by atoms with Crippen LogP contribution in [0.25, 0.3) is 0 Å². The topological polar surface area (TPSA) is 91.0 Å². The van der Waals surface area contributed by atoms with Gasteiger partial charge in [0.2, 0.25) is 11.8 Å². The Morgan fingerprint density at radius 1 is 1.29 bits per heavy atom. The Hall–Kier alpha value is -2.61. The van der Waals surface area contributed by atoms with Gasteiger partial charge in [0.1, 0.15) is 5.75 Å². The maximum atomic E-state index is 13.3. The zero-order chi connectivity index (χ0) is 22.2. The van der Waals surface area contributed by atoms with Crippen LogP contribution < -0.4 is 15.4 Å². The normalized spacial score (nSPS) is 28.0. The minimum Gasteiger partial charge on any atom is -0.497 e. The lowest BCUT2D eigenvalue weighted by atomic mass is 9.81. The maximum absolute atomic E-state index is 13.3. The quantitative estimate of drug-likeness (QED) is 0.738. The third-order valence-electron chi connectivity index (χ3n) is 7.00. The first-order valence-corrected chi connectivity index (χ1v) is 11.0. The number of hydrogen-bond donors (Lipinski definition) is 2. The molecule has 0 saturated carbocycles. The lowest BCUT2D eigenvalue weighted by Crippen LogP contribution is -2.57. The fraction of sp³-hybridized carbons (Fsp3) is 0.609. The Morgan fingerprint density at radius 3 is 2.77 bits per heavy atom. The number of carbonyl (C=O) groups is 3. The molecule has 0 aromatic heterocycles. The molecular formula is C23H32N4O4. The molecule has 1 aromatic rings. The number of methoxy groups -OCH3 is 1. The first-order chi connectivity index (χ1) is 14.8. The molecule has 2 saturated heterocycles. The molecule has 3 atom stereocenters. The number of nitrogens with zero attached hydrogens (tertiary/aromatic N) is 2. The second-order valence-corrected chi connectivity index (χ2v) is 9.18. The number of benzene rings is 1. The van der Waals surface area contributed by atoms with E-state index in [4.69, 9.17) is 4.74 Å². The molecular weight excluding hydrogens is 396 g/mol. The van der Waals surface area contributed by atoms with Gasteiger partial charge in [-0.2, -0.15) is 0 Å². The zero-order valence-electron chi connectivity index (χ0n) is 18.6. The third kappa shape index (κ3) is 4.01. The number of nitrogens with one attached hydrogen (secondary N) is 2. The Bertz CT molecular complexity index is 880. The van der Waals surface area contributed by atoms with Crippen LogP contribution in [0.4, 0.5) is 0 Å². The van der Waals surface area contributed by atoms with E-state index in [0.717, 1.165) is 24.9 Å². The number of amides is 3. The Kier molecular flexibility index (Phi) is 5.92. The van der Waals surface area contributed by atoms with Gasteiger partial charge in [0, 0.05) is 39.3 Å². The van der Waals surface area contributed by atoms with E-state index in [1.807, 2.05) is 12.1 Å². The van der Waals surface area contributed by atoms with Crippen molar-refractivity contribution < 1.29 is 19.1 Å². The summed E-state index contributed by atoms with van der Waals surface area (Å²) in [6, 6.07) is 5.52. The smallest absolute Gasteiger partial charge is 0.252 e. The molecule has 2 fully saturated rings. The van der Waals surface area contributed by atoms with Crippen LogP contribution in [0.2, 0.25) is 0 Å². The molecule has 8 heteroatoms. The number of likely N-dealkylation sites (tertiary alicyclic amines) is 1. The number of piperidine rings is 1. The van der Waals surface area contributed by atoms with Crippen molar-refractivity contribution >= 4 is 17.7 Å². The van der Waals surface area contributed by atoms with Gasteiger partial charge in [0.25, 0.3) is 5.91 Å². The number of fused-ring (bicyclic) bond motifs is 1. The van der Waals surface area contributed by atoms with Gasteiger partial charge in [-0.1, -0.05) is 6.07 Å². The standard InChI is InChI=1S/C23H32N4O4/c1-26(2)22(30)19-13-27(21(29)16-5-4-10-24-12-16)14-23(19)9-8-15-6-7-17(31-3)11-18(15)20(28)25-23/h6-7,11,16,19,24H,4-5,8-10,12-14H2,1-3H3,(H,25,28)/t16?,19-,23+/m1/s1. The summed E-state index contributed by atoms with van der Waals surface area (Å²) >= 11 is 0. The van der Waals surface area contributed by atoms with Crippen LogP contribution in [0.3, 0.4) is 0 Å². The average Bonchev–Trinajstić information content (AvgIpc) is 3.09. The van der Waals surface area contributed by atoms with Gasteiger partial charge >= 0.3 is 0 Å². The van der Waals surface area contributed by atoms with E-state index < -0.39 is 11.5 Å². The van der Waals surface area contributed by atoms with Gasteiger partial charge in [-0.15, -0.1) is 0 Å². The van der Waals surface area contributed by atoms with E-state index in [0.29, 0.717) is 43.8 Å². The molecule has 0 radical (unpaired) electrons. The number of carbonyl (C=O) groups excluding carboxylic acids is 3. The van der Waals surface area contributed by atoms with Crippen LogP contribution >= 0.6 is 0 Å². The second-order valence-electron chi connectivity index (χ2n) is 9.18. The molecule has 0 aliphatic carbocycles. The van der Waals surface area contributed by atoms with Gasteiger partial charge in [0.15, 0.2) is 0 Å². The van der Waals surface area contributed by atoms with Crippen molar-refractivity contribution in [3.05, 3.63) is 29.3 Å². The van der Waals surface area contributed by atoms with Gasteiger partial charge in [-0.3, -0.25) is 14.4 Å². The van der Waals surface area contributed by atoms with Crippen molar-refractivity contribution in [1.29, 1.82) is 0 Å². The van der Waals surface area contributed by atoms with Crippen LogP contribution in [0.15, 0.2) is 18.2 Å². The van der Waals surface area contributed by atoms with E-state index >= 15 is 0 Å². The molecule has 1 spiro atoms. The van der Waals surface area contributed by atoms with Gasteiger partial charge in [-0.25, -0.2) is 0 Å². The highest BCUT2D eigenvalue weighted by Crippen LogP contribution is 2.37. The van der Waals surface area contributed by atoms with Gasteiger partial charge in [-0.05, 0) is 49.9 Å². The predicted molar refractivity (Wildman–Crippen MR) is 116 cm³/mol. The molecule has 4 rings (SSSR count). The van der Waals surface area contributed by atoms with Crippen LogP contribution in [0.1, 0.15) is 35.2 Å². The van der Waals surface area contributed by atoms with E-state index in [1.165, 1.54) is 0 Å². The van der Waals surface area contributed by atoms with Crippen molar-refractivity contribution in [2.24, 2.45) is 11.8 Å². The number of rotatable bonds is 3. The summed E-state index contributed by atoms with van der Waals surface area (Å²) < 4.78 is 5.29. The largest absolute Gasteiger partial charge is 0.497 e. The molecule has 168 valence electrons. The highest BCUT2D eigenvalue weighted by Gasteiger charge is 2.54. The van der Waals surface area contributed by atoms with E-state index in [-0.39, 0.29) is 23.6 Å². The summed E-state index contributed by atoms with van der Waals surface area (Å²) in [5, 5.41) is 6.48. The first-order valence-electron chi connectivity index (χ1n) is 11.0. The van der Waals surface area contributed by atoms with Crippen molar-refractivity contribution in [2.75, 3.05) is 47.4 Å². The Labute approximate surface area is 183 Å². The van der Waals surface area contributed by atoms with Gasteiger partial charge in [0.05, 0.1) is 24.5 Å². The molecule has 3 aliphatic heterocycles. The number of aryl methyl sites for hydroxylation is 1. The molecule has 3 amide bonds. The summed E-state index contributed by atoms with van der Waals surface area (Å²) in [4.78, 5) is 43.0. The number of hydrogen-bond acceptors (Lipinski definition) is 5. The highest BCUT2D eigenvalue weighted by atomic mass is 16.5. The molecule has 1 aromatic carbocycles. The van der Waals surface area contributed by atoms with Crippen LogP contribution in [-0.4, -0.2) is 80.4 Å². The average molecular weight is 429 g/mol. The van der Waals surface area contributed by atoms with Crippen LogP contribution in [-0.2, 0) is 16.0 Å². The van der Waals surface area contributed by atoms with Crippen molar-refractivity contribution in [1.82, 2.24) is 20.4 Å². The fourth-order valence-electron chi connectivity index (χ4n) is 5.23. The zero-order valence-corrected chi connectivity index (χ0v) is 18.6. The third-order valence-corrected chi connectivity index (χ3v) is 7.00. The fourth-order valence-corrected chi connectivity index (χ4v) is 5.23. The molecule has 1 unspecified atom stereocenters. The van der Waals surface area contributed by atoms with E-state index in [1.54, 1.807) is 37.1 Å². The van der Waals surface area contributed by atoms with E-state index in [9.17, 15) is 14.4 Å². The Balaban J connectivity index is 1.64. The van der Waals surface area contributed by atoms with Crippen LogP contribution in [0.5, 0.6) is 5.75 Å². The monoisotopic (exact) mass is 428 g/mol. The minimum absolute atomic E-state index is 0.0547. The van der Waals surface area contributed by atoms with Crippen LogP contribution in [0, 0.1) is 11.8 Å². The Morgan fingerprint density at radius 2 is 2.10 bits per heavy atom. The van der Waals surface area contributed by atoms with Crippen molar-refractivity contribution in [3.63, 3.8) is 0 Å². The highest BCUT2D eigenvalue weighted by molar-refractivity contribution is 5.98. The molecule has 8 nitrogen and oxygen atoms in total. The minimum atomic E-state index is -0.775. The number of ether oxygens (including phenoxy) is 1. The van der Waals surface area contributed by atoms with Gasteiger partial charge < -0.3 is 25.2 Å². The van der Waals surface area contributed by atoms with E-state index in [2.05, 4.69) is 10.6 Å². The molecule has 3 aliphatic rings. The molecule has 0 bridgehead atoms. The SMILES string of the molecule is COc1ccc2c(c1)C(=O)N[C@@]1(CC2)CN(C(=O)C2CCCNC2)C[C@@H]1C(=O)N(C)C. The summed E-state index contributed by atoms with van der Waals surface area (Å²) in [5.74, 6) is -0.0975. The lowest BCUT2D eigenvalue weighted by Gasteiger charge is -2.35. The first kappa shape index (κ1) is 21.6. The lowest BCUT2D eigenvalue weighted by molar-refractivity contribution is -0.136. The summed E-state index contributed by atoms with van der Waals surface area (Å²) in [7, 11) is 5.03.